The molecule has 28 heavy (non-hydrogen) atoms. The van der Waals surface area contributed by atoms with Gasteiger partial charge >= 0.3 is 5.69 Å². The van der Waals surface area contributed by atoms with Crippen molar-refractivity contribution in [2.75, 3.05) is 25.1 Å². The number of hydrazone groups is 1. The van der Waals surface area contributed by atoms with Crippen molar-refractivity contribution in [3.63, 3.8) is 0 Å². The Kier molecular flexibility index (Phi) is 7.44. The van der Waals surface area contributed by atoms with Gasteiger partial charge in [0.15, 0.2) is 6.61 Å². The highest BCUT2D eigenvalue weighted by molar-refractivity contribution is 5.80. The molecule has 2 rings (SSSR count). The van der Waals surface area contributed by atoms with Crippen LogP contribution >= 0.6 is 0 Å². The zero-order valence-corrected chi connectivity index (χ0v) is 16.1. The van der Waals surface area contributed by atoms with E-state index in [1.165, 1.54) is 12.3 Å². The van der Waals surface area contributed by atoms with E-state index in [-0.39, 0.29) is 24.0 Å². The fourth-order valence-electron chi connectivity index (χ4n) is 2.41. The number of aryl methyl sites for hydroxylation is 1. The lowest BCUT2D eigenvalue weighted by Crippen LogP contribution is -2.34. The van der Waals surface area contributed by atoms with Crippen molar-refractivity contribution in [1.82, 2.24) is 9.88 Å². The van der Waals surface area contributed by atoms with Gasteiger partial charge in [0, 0.05) is 24.8 Å². The molecule has 0 saturated heterocycles. The van der Waals surface area contributed by atoms with Crippen molar-refractivity contribution < 1.29 is 14.5 Å². The molecule has 148 valence electrons. The largest absolute Gasteiger partial charge is 0.484 e. The van der Waals surface area contributed by atoms with Gasteiger partial charge in [-0.1, -0.05) is 0 Å². The van der Waals surface area contributed by atoms with Gasteiger partial charge in [0.1, 0.15) is 5.75 Å². The first-order valence-corrected chi connectivity index (χ1v) is 8.86. The van der Waals surface area contributed by atoms with E-state index in [1.54, 1.807) is 42.2 Å². The van der Waals surface area contributed by atoms with Crippen molar-refractivity contribution in [2.45, 2.75) is 20.8 Å². The van der Waals surface area contributed by atoms with Crippen molar-refractivity contribution in [2.24, 2.45) is 5.10 Å². The number of pyridine rings is 1. The number of nitro groups is 1. The number of benzene rings is 1. The first-order valence-electron chi connectivity index (χ1n) is 8.86. The van der Waals surface area contributed by atoms with E-state index < -0.39 is 4.92 Å². The van der Waals surface area contributed by atoms with Gasteiger partial charge in [-0.05, 0) is 56.7 Å². The fourth-order valence-corrected chi connectivity index (χ4v) is 2.41. The molecule has 0 saturated carbocycles. The summed E-state index contributed by atoms with van der Waals surface area (Å²) < 4.78 is 5.50. The second-order valence-corrected chi connectivity index (χ2v) is 5.87. The van der Waals surface area contributed by atoms with Gasteiger partial charge in [-0.15, -0.1) is 0 Å². The SMILES string of the molecule is CCN(CC)C(=O)COc1ccc(/C=N\Nc2nc(C)ccc2[N+](=O)[O-])cc1. The number of nitrogens with one attached hydrogen (secondary N) is 1. The highest BCUT2D eigenvalue weighted by Crippen LogP contribution is 2.21. The van der Waals surface area contributed by atoms with Crippen LogP contribution in [0.25, 0.3) is 0 Å². The molecule has 0 bridgehead atoms. The number of carbonyl (C=O) groups is 1. The second kappa shape index (κ2) is 10.0. The van der Waals surface area contributed by atoms with Crippen LogP contribution in [0.2, 0.25) is 0 Å². The first-order chi connectivity index (χ1) is 13.4. The van der Waals surface area contributed by atoms with Crippen LogP contribution in [-0.4, -0.2) is 46.6 Å². The van der Waals surface area contributed by atoms with Crippen LogP contribution in [0.15, 0.2) is 41.5 Å². The number of likely N-dealkylation sites (N-methyl/N-ethyl adjacent to an activating group) is 1. The molecule has 2 aromatic rings. The molecular weight excluding hydrogens is 362 g/mol. The molecule has 0 aliphatic rings. The standard InChI is InChI=1S/C19H23N5O4/c1-4-23(5-2)18(25)13-28-16-9-7-15(8-10-16)12-20-22-19-17(24(26)27)11-6-14(3)21-19/h6-12H,4-5,13H2,1-3H3,(H,21,22)/b20-12-. The Morgan fingerprint density at radius 3 is 2.54 bits per heavy atom. The third kappa shape index (κ3) is 5.76. The van der Waals surface area contributed by atoms with Gasteiger partial charge in [0.2, 0.25) is 5.82 Å². The minimum Gasteiger partial charge on any atom is -0.484 e. The van der Waals surface area contributed by atoms with Crippen molar-refractivity contribution in [1.29, 1.82) is 0 Å². The molecule has 0 radical (unpaired) electrons. The molecular formula is C19H23N5O4. The third-order valence-corrected chi connectivity index (χ3v) is 3.95. The molecule has 0 unspecified atom stereocenters. The number of aromatic nitrogens is 1. The minimum absolute atomic E-state index is 0.0145. The highest BCUT2D eigenvalue weighted by atomic mass is 16.6. The minimum atomic E-state index is -0.518. The molecule has 1 aromatic carbocycles. The zero-order chi connectivity index (χ0) is 20.5. The highest BCUT2D eigenvalue weighted by Gasteiger charge is 2.14. The molecule has 0 fully saturated rings. The Hall–Kier alpha value is -3.49. The van der Waals surface area contributed by atoms with Gasteiger partial charge in [0.05, 0.1) is 11.1 Å². The maximum Gasteiger partial charge on any atom is 0.313 e. The maximum atomic E-state index is 11.9. The van der Waals surface area contributed by atoms with E-state index in [9.17, 15) is 14.9 Å². The van der Waals surface area contributed by atoms with Crippen molar-refractivity contribution in [3.8, 4) is 5.75 Å². The maximum absolute atomic E-state index is 11.9. The summed E-state index contributed by atoms with van der Waals surface area (Å²) in [4.78, 5) is 28.2. The summed E-state index contributed by atoms with van der Waals surface area (Å²) in [5, 5.41) is 15.0. The van der Waals surface area contributed by atoms with Gasteiger partial charge in [-0.3, -0.25) is 20.3 Å². The average Bonchev–Trinajstić information content (AvgIpc) is 2.68. The molecule has 1 amide bonds. The van der Waals surface area contributed by atoms with Crippen LogP contribution in [0.5, 0.6) is 5.75 Å². The summed E-state index contributed by atoms with van der Waals surface area (Å²) in [5.74, 6) is 0.588. The number of ether oxygens (including phenoxy) is 1. The number of anilines is 1. The van der Waals surface area contributed by atoms with Gasteiger partial charge in [0.25, 0.3) is 5.91 Å². The zero-order valence-electron chi connectivity index (χ0n) is 16.1. The monoisotopic (exact) mass is 385 g/mol. The van der Waals surface area contributed by atoms with E-state index in [1.807, 2.05) is 13.8 Å². The van der Waals surface area contributed by atoms with E-state index in [0.717, 1.165) is 5.56 Å². The Balaban J connectivity index is 1.95. The third-order valence-electron chi connectivity index (χ3n) is 3.95. The van der Waals surface area contributed by atoms with E-state index in [4.69, 9.17) is 4.74 Å². The number of nitrogens with zero attached hydrogens (tertiary/aromatic N) is 4. The Morgan fingerprint density at radius 1 is 1.25 bits per heavy atom. The summed E-state index contributed by atoms with van der Waals surface area (Å²) in [6.07, 6.45) is 1.51. The summed E-state index contributed by atoms with van der Waals surface area (Å²) in [6, 6.07) is 9.93. The van der Waals surface area contributed by atoms with Crippen LogP contribution in [0.4, 0.5) is 11.5 Å². The molecule has 0 aliphatic heterocycles. The smallest absolute Gasteiger partial charge is 0.313 e. The predicted octanol–water partition coefficient (Wildman–Crippen LogP) is 2.99. The number of amides is 1. The number of carbonyl (C=O) groups excluding carboxylic acids is 1. The molecule has 0 spiro atoms. The number of hydrogen-bond donors (Lipinski definition) is 1. The Morgan fingerprint density at radius 2 is 1.93 bits per heavy atom. The average molecular weight is 385 g/mol. The topological polar surface area (TPSA) is 110 Å². The lowest BCUT2D eigenvalue weighted by molar-refractivity contribution is -0.384. The van der Waals surface area contributed by atoms with E-state index in [0.29, 0.717) is 24.5 Å². The first kappa shape index (κ1) is 20.8. The summed E-state index contributed by atoms with van der Waals surface area (Å²) >= 11 is 0. The van der Waals surface area contributed by atoms with Crippen molar-refractivity contribution in [3.05, 3.63) is 57.8 Å². The van der Waals surface area contributed by atoms with Crippen LogP contribution in [0.3, 0.4) is 0 Å². The van der Waals surface area contributed by atoms with Gasteiger partial charge in [-0.25, -0.2) is 4.98 Å². The quantitative estimate of drug-likeness (QED) is 0.404. The number of hydrogen-bond acceptors (Lipinski definition) is 7. The van der Waals surface area contributed by atoms with Gasteiger partial charge < -0.3 is 9.64 Å². The predicted molar refractivity (Wildman–Crippen MR) is 107 cm³/mol. The molecule has 1 N–H and O–H groups in total. The molecule has 1 heterocycles. The van der Waals surface area contributed by atoms with E-state index >= 15 is 0 Å². The molecule has 0 aliphatic carbocycles. The lowest BCUT2D eigenvalue weighted by atomic mass is 10.2. The second-order valence-electron chi connectivity index (χ2n) is 5.87. The van der Waals surface area contributed by atoms with Crippen LogP contribution in [0, 0.1) is 17.0 Å². The van der Waals surface area contributed by atoms with Crippen LogP contribution in [-0.2, 0) is 4.79 Å². The fraction of sp³-hybridized carbons (Fsp3) is 0.316. The lowest BCUT2D eigenvalue weighted by Gasteiger charge is -2.18. The van der Waals surface area contributed by atoms with Crippen molar-refractivity contribution >= 4 is 23.6 Å². The summed E-state index contributed by atoms with van der Waals surface area (Å²) in [5.41, 5.74) is 3.85. The van der Waals surface area contributed by atoms with Gasteiger partial charge in [-0.2, -0.15) is 5.10 Å². The number of rotatable bonds is 9. The molecule has 9 heteroatoms. The molecule has 9 nitrogen and oxygen atoms in total. The Bertz CT molecular complexity index is 848. The van der Waals surface area contributed by atoms with E-state index in [2.05, 4.69) is 15.5 Å². The summed E-state index contributed by atoms with van der Waals surface area (Å²) in [6.45, 7) is 6.86. The molecule has 0 atom stereocenters. The normalized spacial score (nSPS) is 10.7. The van der Waals surface area contributed by atoms with Crippen LogP contribution in [0.1, 0.15) is 25.1 Å². The Labute approximate surface area is 163 Å². The van der Waals surface area contributed by atoms with Crippen LogP contribution < -0.4 is 10.2 Å². The summed E-state index contributed by atoms with van der Waals surface area (Å²) in [7, 11) is 0. The molecule has 1 aromatic heterocycles.